The lowest BCUT2D eigenvalue weighted by atomic mass is 9.57. The van der Waals surface area contributed by atoms with Gasteiger partial charge in [0, 0.05) is 19.6 Å². The van der Waals surface area contributed by atoms with Gasteiger partial charge in [-0.05, 0) is 34.1 Å². The summed E-state index contributed by atoms with van der Waals surface area (Å²) in [5.41, 5.74) is -2.61. The standard InChI is InChI=1S/C16H24O5/c1-9(7-8-21-6)11(17)10-12(18)15(2,3)14(20)16(4,5)13(10)19/h9-10H,7-8H2,1-6H3. The third-order valence-electron chi connectivity index (χ3n) is 4.42. The minimum absolute atomic E-state index is 0.383. The van der Waals surface area contributed by atoms with Crippen molar-refractivity contribution in [3.05, 3.63) is 0 Å². The monoisotopic (exact) mass is 296 g/mol. The average Bonchev–Trinajstić information content (AvgIpc) is 2.42. The van der Waals surface area contributed by atoms with Crippen LogP contribution in [-0.4, -0.2) is 36.8 Å². The summed E-state index contributed by atoms with van der Waals surface area (Å²) in [5.74, 6) is -3.77. The molecule has 1 rings (SSSR count). The van der Waals surface area contributed by atoms with Crippen molar-refractivity contribution in [3.8, 4) is 0 Å². The normalized spacial score (nSPS) is 23.2. The van der Waals surface area contributed by atoms with Gasteiger partial charge in [-0.1, -0.05) is 6.92 Å². The van der Waals surface area contributed by atoms with Gasteiger partial charge in [0.2, 0.25) is 0 Å². The van der Waals surface area contributed by atoms with E-state index in [0.717, 1.165) is 0 Å². The molecule has 1 unspecified atom stereocenters. The minimum Gasteiger partial charge on any atom is -0.385 e. The molecule has 5 heteroatoms. The molecule has 0 bridgehead atoms. The van der Waals surface area contributed by atoms with E-state index >= 15 is 0 Å². The summed E-state index contributed by atoms with van der Waals surface area (Å²) in [6.07, 6.45) is 0.446. The van der Waals surface area contributed by atoms with E-state index in [2.05, 4.69) is 0 Å². The van der Waals surface area contributed by atoms with Crippen molar-refractivity contribution in [2.75, 3.05) is 13.7 Å². The molecule has 1 aliphatic rings. The first-order valence-electron chi connectivity index (χ1n) is 7.15. The van der Waals surface area contributed by atoms with Crippen LogP contribution in [0, 0.1) is 22.7 Å². The fraction of sp³-hybridized carbons (Fsp3) is 0.750. The van der Waals surface area contributed by atoms with Crippen LogP contribution in [0.1, 0.15) is 41.0 Å². The van der Waals surface area contributed by atoms with Crippen LogP contribution in [0.4, 0.5) is 0 Å². The van der Waals surface area contributed by atoms with Gasteiger partial charge in [0.25, 0.3) is 0 Å². The molecule has 0 aromatic heterocycles. The second kappa shape index (κ2) is 5.79. The van der Waals surface area contributed by atoms with E-state index < -0.39 is 45.8 Å². The zero-order chi connectivity index (χ0) is 16.6. The smallest absolute Gasteiger partial charge is 0.163 e. The van der Waals surface area contributed by atoms with Gasteiger partial charge in [0.15, 0.2) is 23.1 Å². The Kier molecular flexibility index (Phi) is 4.88. The molecular weight excluding hydrogens is 272 g/mol. The number of Topliss-reactive ketones (excluding diaryl/α,β-unsaturated/α-hetero) is 4. The van der Waals surface area contributed by atoms with Crippen molar-refractivity contribution in [1.82, 2.24) is 0 Å². The number of ether oxygens (including phenoxy) is 1. The number of ketones is 4. The van der Waals surface area contributed by atoms with Crippen molar-refractivity contribution in [3.63, 3.8) is 0 Å². The zero-order valence-electron chi connectivity index (χ0n) is 13.6. The van der Waals surface area contributed by atoms with Crippen LogP contribution >= 0.6 is 0 Å². The Hall–Kier alpha value is -1.36. The number of carbonyl (C=O) groups is 4. The van der Waals surface area contributed by atoms with Gasteiger partial charge >= 0.3 is 0 Å². The molecule has 1 saturated carbocycles. The van der Waals surface area contributed by atoms with E-state index in [1.165, 1.54) is 34.8 Å². The van der Waals surface area contributed by atoms with E-state index in [1.807, 2.05) is 0 Å². The quantitative estimate of drug-likeness (QED) is 0.720. The van der Waals surface area contributed by atoms with Crippen LogP contribution in [0.2, 0.25) is 0 Å². The zero-order valence-corrected chi connectivity index (χ0v) is 13.6. The third kappa shape index (κ3) is 2.84. The fourth-order valence-corrected chi connectivity index (χ4v) is 2.83. The van der Waals surface area contributed by atoms with Crippen LogP contribution in [0.15, 0.2) is 0 Å². The van der Waals surface area contributed by atoms with Gasteiger partial charge in [0.1, 0.15) is 5.92 Å². The van der Waals surface area contributed by atoms with Crippen molar-refractivity contribution in [1.29, 1.82) is 0 Å². The summed E-state index contributed by atoms with van der Waals surface area (Å²) >= 11 is 0. The van der Waals surface area contributed by atoms with Crippen molar-refractivity contribution in [2.24, 2.45) is 22.7 Å². The van der Waals surface area contributed by atoms with E-state index in [-0.39, 0.29) is 0 Å². The molecule has 0 aromatic carbocycles. The Morgan fingerprint density at radius 2 is 1.52 bits per heavy atom. The number of carbonyl (C=O) groups excluding carboxylic acids is 4. The molecular formula is C16H24O5. The molecule has 21 heavy (non-hydrogen) atoms. The lowest BCUT2D eigenvalue weighted by molar-refractivity contribution is -0.162. The summed E-state index contributed by atoms with van der Waals surface area (Å²) in [7, 11) is 1.53. The Bertz CT molecular complexity index is 457. The van der Waals surface area contributed by atoms with Crippen molar-refractivity contribution in [2.45, 2.75) is 41.0 Å². The molecule has 0 heterocycles. The molecule has 5 nitrogen and oxygen atoms in total. The largest absolute Gasteiger partial charge is 0.385 e. The molecule has 118 valence electrons. The highest BCUT2D eigenvalue weighted by atomic mass is 16.5. The van der Waals surface area contributed by atoms with Crippen molar-refractivity contribution >= 4 is 23.1 Å². The second-order valence-electron chi connectivity index (χ2n) is 6.83. The third-order valence-corrected chi connectivity index (χ3v) is 4.42. The second-order valence-corrected chi connectivity index (χ2v) is 6.83. The van der Waals surface area contributed by atoms with Crippen molar-refractivity contribution < 1.29 is 23.9 Å². The number of hydrogen-bond acceptors (Lipinski definition) is 5. The number of methoxy groups -OCH3 is 1. The summed E-state index contributed by atoms with van der Waals surface area (Å²) < 4.78 is 4.93. The predicted octanol–water partition coefficient (Wildman–Crippen LogP) is 1.62. The van der Waals surface area contributed by atoms with Crippen LogP contribution in [0.25, 0.3) is 0 Å². The highest BCUT2D eigenvalue weighted by molar-refractivity contribution is 6.35. The molecule has 0 aliphatic heterocycles. The molecule has 0 amide bonds. The maximum atomic E-state index is 12.5. The summed E-state index contributed by atoms with van der Waals surface area (Å²) in [5, 5.41) is 0. The van der Waals surface area contributed by atoms with Crippen LogP contribution in [0.3, 0.4) is 0 Å². The first-order chi connectivity index (χ1) is 9.49. The predicted molar refractivity (Wildman–Crippen MR) is 76.7 cm³/mol. The summed E-state index contributed by atoms with van der Waals surface area (Å²) in [6, 6.07) is 0. The van der Waals surface area contributed by atoms with Crippen LogP contribution < -0.4 is 0 Å². The SMILES string of the molecule is COCCC(C)C(=O)C1C(=O)C(C)(C)C(=O)C(C)(C)C1=O. The van der Waals surface area contributed by atoms with Gasteiger partial charge in [0.05, 0.1) is 10.8 Å². The van der Waals surface area contributed by atoms with Gasteiger partial charge in [-0.25, -0.2) is 0 Å². The fourth-order valence-electron chi connectivity index (χ4n) is 2.83. The minimum atomic E-state index is -1.33. The molecule has 0 radical (unpaired) electrons. The highest BCUT2D eigenvalue weighted by Gasteiger charge is 2.60. The average molecular weight is 296 g/mol. The molecule has 0 aromatic rings. The molecule has 0 saturated heterocycles. The molecule has 1 atom stereocenters. The van der Waals surface area contributed by atoms with E-state index in [9.17, 15) is 19.2 Å². The van der Waals surface area contributed by atoms with E-state index in [0.29, 0.717) is 13.0 Å². The van der Waals surface area contributed by atoms with Gasteiger partial charge in [-0.15, -0.1) is 0 Å². The topological polar surface area (TPSA) is 77.5 Å². The highest BCUT2D eigenvalue weighted by Crippen LogP contribution is 2.41. The molecule has 0 spiro atoms. The lowest BCUT2D eigenvalue weighted by Gasteiger charge is -2.40. The summed E-state index contributed by atoms with van der Waals surface area (Å²) in [4.78, 5) is 49.8. The Morgan fingerprint density at radius 1 is 1.10 bits per heavy atom. The first-order valence-corrected chi connectivity index (χ1v) is 7.15. The Balaban J connectivity index is 3.16. The maximum absolute atomic E-state index is 12.5. The summed E-state index contributed by atoms with van der Waals surface area (Å²) in [6.45, 7) is 8.03. The van der Waals surface area contributed by atoms with Crippen LogP contribution in [-0.2, 0) is 23.9 Å². The van der Waals surface area contributed by atoms with Gasteiger partial charge in [-0.3, -0.25) is 19.2 Å². The Morgan fingerprint density at radius 3 is 1.90 bits per heavy atom. The van der Waals surface area contributed by atoms with E-state index in [4.69, 9.17) is 4.74 Å². The van der Waals surface area contributed by atoms with Gasteiger partial charge in [-0.2, -0.15) is 0 Å². The first kappa shape index (κ1) is 17.7. The molecule has 1 aliphatic carbocycles. The molecule has 1 fully saturated rings. The number of hydrogen-bond donors (Lipinski definition) is 0. The Labute approximate surface area is 125 Å². The maximum Gasteiger partial charge on any atom is 0.163 e. The molecule has 0 N–H and O–H groups in total. The van der Waals surface area contributed by atoms with Gasteiger partial charge < -0.3 is 4.74 Å². The van der Waals surface area contributed by atoms with Crippen LogP contribution in [0.5, 0.6) is 0 Å². The van der Waals surface area contributed by atoms with E-state index in [1.54, 1.807) is 6.92 Å². The lowest BCUT2D eigenvalue weighted by Crippen LogP contribution is -2.59. The number of rotatable bonds is 5.